The Morgan fingerprint density at radius 3 is 2.59 bits per heavy atom. The Labute approximate surface area is 187 Å². The molecule has 27 heavy (non-hydrogen) atoms. The van der Waals surface area contributed by atoms with E-state index in [1.165, 1.54) is 12.8 Å². The molecule has 0 bridgehead atoms. The molecule has 2 fully saturated rings. The van der Waals surface area contributed by atoms with E-state index in [1.807, 2.05) is 11.8 Å². The van der Waals surface area contributed by atoms with Gasteiger partial charge in [0.1, 0.15) is 0 Å². The summed E-state index contributed by atoms with van der Waals surface area (Å²) in [4.78, 5) is 7.49. The first kappa shape index (κ1) is 25.3. The van der Waals surface area contributed by atoms with Gasteiger partial charge in [-0.15, -0.1) is 24.0 Å². The van der Waals surface area contributed by atoms with Crippen molar-refractivity contribution < 1.29 is 9.47 Å². The third-order valence-electron chi connectivity index (χ3n) is 5.46. The number of methoxy groups -OCH3 is 1. The van der Waals surface area contributed by atoms with Crippen LogP contribution in [0.2, 0.25) is 0 Å². The minimum absolute atomic E-state index is 0. The number of rotatable bonds is 9. The summed E-state index contributed by atoms with van der Waals surface area (Å²) in [5.74, 6) is 0.977. The Morgan fingerprint density at radius 1 is 1.30 bits per heavy atom. The predicted octanol–water partition coefficient (Wildman–Crippen LogP) is 2.57. The Hall–Kier alpha value is 0.230. The van der Waals surface area contributed by atoms with Crippen LogP contribution in [-0.2, 0) is 9.47 Å². The molecule has 0 aromatic heterocycles. The van der Waals surface area contributed by atoms with Crippen LogP contribution in [0.25, 0.3) is 0 Å². The highest BCUT2D eigenvalue weighted by Gasteiger charge is 2.31. The van der Waals surface area contributed by atoms with Gasteiger partial charge in [0, 0.05) is 63.9 Å². The third kappa shape index (κ3) is 9.06. The largest absolute Gasteiger partial charge is 0.385 e. The first-order valence-corrected chi connectivity index (χ1v) is 11.3. The number of thioether (sulfide) groups is 1. The molecular weight excluding hydrogens is 475 g/mol. The van der Waals surface area contributed by atoms with Gasteiger partial charge in [-0.2, -0.15) is 11.8 Å². The normalized spacial score (nSPS) is 21.5. The van der Waals surface area contributed by atoms with Gasteiger partial charge >= 0.3 is 0 Å². The van der Waals surface area contributed by atoms with Gasteiger partial charge in [-0.1, -0.05) is 0 Å². The van der Waals surface area contributed by atoms with Crippen molar-refractivity contribution in [1.29, 1.82) is 0 Å². The second-order valence-electron chi connectivity index (χ2n) is 7.30. The third-order valence-corrected chi connectivity index (χ3v) is 6.86. The minimum atomic E-state index is 0. The molecule has 0 unspecified atom stereocenters. The number of guanidine groups is 1. The van der Waals surface area contributed by atoms with Gasteiger partial charge < -0.3 is 25.0 Å². The Balaban J connectivity index is 0.00000364. The molecule has 2 heterocycles. The molecule has 0 spiro atoms. The van der Waals surface area contributed by atoms with E-state index in [1.54, 1.807) is 7.11 Å². The number of aliphatic imine (C=N–C) groups is 1. The average molecular weight is 515 g/mol. The summed E-state index contributed by atoms with van der Waals surface area (Å²) in [6, 6.07) is 0.520. The Kier molecular flexibility index (Phi) is 13.3. The van der Waals surface area contributed by atoms with Crippen molar-refractivity contribution in [3.63, 3.8) is 0 Å². The van der Waals surface area contributed by atoms with Crippen LogP contribution < -0.4 is 10.6 Å². The highest BCUT2D eigenvalue weighted by molar-refractivity contribution is 14.0. The molecule has 0 radical (unpaired) electrons. The van der Waals surface area contributed by atoms with E-state index in [0.29, 0.717) is 6.04 Å². The van der Waals surface area contributed by atoms with Crippen LogP contribution in [-0.4, -0.2) is 87.6 Å². The number of halogens is 1. The molecule has 0 saturated carbocycles. The molecule has 0 amide bonds. The zero-order valence-corrected chi connectivity index (χ0v) is 20.4. The summed E-state index contributed by atoms with van der Waals surface area (Å²) in [5, 5.41) is 7.10. The average Bonchev–Trinajstić information content (AvgIpc) is 2.68. The zero-order valence-electron chi connectivity index (χ0n) is 17.3. The highest BCUT2D eigenvalue weighted by Crippen LogP contribution is 2.34. The summed E-state index contributed by atoms with van der Waals surface area (Å²) in [7, 11) is 1.78. The summed E-state index contributed by atoms with van der Waals surface area (Å²) >= 11 is 1.95. The summed E-state index contributed by atoms with van der Waals surface area (Å²) in [6.45, 7) is 9.95. The molecule has 0 aromatic rings. The first-order valence-electron chi connectivity index (χ1n) is 10.1. The number of nitrogens with one attached hydrogen (secondary N) is 2. The molecular formula is C19H39IN4O2S. The van der Waals surface area contributed by atoms with Gasteiger partial charge in [0.25, 0.3) is 0 Å². The van der Waals surface area contributed by atoms with Crippen molar-refractivity contribution >= 4 is 41.7 Å². The van der Waals surface area contributed by atoms with E-state index in [4.69, 9.17) is 14.5 Å². The van der Waals surface area contributed by atoms with E-state index < -0.39 is 0 Å². The van der Waals surface area contributed by atoms with Crippen LogP contribution in [0.5, 0.6) is 0 Å². The van der Waals surface area contributed by atoms with Crippen LogP contribution in [0.4, 0.5) is 0 Å². The lowest BCUT2D eigenvalue weighted by atomic mass is 9.99. The van der Waals surface area contributed by atoms with Crippen molar-refractivity contribution in [2.45, 2.75) is 49.8 Å². The second-order valence-corrected chi connectivity index (χ2v) is 8.58. The smallest absolute Gasteiger partial charge is 0.191 e. The lowest BCUT2D eigenvalue weighted by molar-refractivity contribution is 0.0794. The van der Waals surface area contributed by atoms with Crippen LogP contribution in [0.15, 0.2) is 4.99 Å². The molecule has 2 N–H and O–H groups in total. The number of ether oxygens (including phenoxy) is 2. The minimum Gasteiger partial charge on any atom is -0.385 e. The van der Waals surface area contributed by atoms with E-state index >= 15 is 0 Å². The Bertz CT molecular complexity index is 415. The second kappa shape index (κ2) is 14.3. The summed E-state index contributed by atoms with van der Waals surface area (Å²) in [5.41, 5.74) is 0. The van der Waals surface area contributed by atoms with Crippen molar-refractivity contribution in [3.8, 4) is 0 Å². The molecule has 6 nitrogen and oxygen atoms in total. The maximum Gasteiger partial charge on any atom is 0.191 e. The first-order chi connectivity index (χ1) is 12.7. The number of piperidine rings is 1. The summed E-state index contributed by atoms with van der Waals surface area (Å²) in [6.07, 6.45) is 7.88. The Morgan fingerprint density at radius 2 is 2.00 bits per heavy atom. The molecule has 0 atom stereocenters. The molecule has 0 aliphatic carbocycles. The van der Waals surface area contributed by atoms with Crippen molar-refractivity contribution in [2.24, 2.45) is 4.99 Å². The maximum absolute atomic E-state index is 5.54. The fourth-order valence-electron chi connectivity index (χ4n) is 3.64. The molecule has 2 rings (SSSR count). The van der Waals surface area contributed by atoms with Crippen molar-refractivity contribution in [3.05, 3.63) is 0 Å². The molecule has 2 saturated heterocycles. The quantitative estimate of drug-likeness (QED) is 0.214. The molecule has 2 aliphatic heterocycles. The van der Waals surface area contributed by atoms with E-state index in [0.717, 1.165) is 77.8 Å². The standard InChI is InChI=1S/C19H38N4O2S.HI/c1-4-20-18(21-16-19(26-3)8-14-25-15-9-19)22-17-6-11-23(12-7-17)10-5-13-24-2;/h17H,4-16H2,1-3H3,(H2,20,21,22);1H. The van der Waals surface area contributed by atoms with Crippen LogP contribution >= 0.6 is 35.7 Å². The topological polar surface area (TPSA) is 58.1 Å². The maximum atomic E-state index is 5.54. The van der Waals surface area contributed by atoms with E-state index in [-0.39, 0.29) is 28.7 Å². The monoisotopic (exact) mass is 514 g/mol. The molecule has 8 heteroatoms. The van der Waals surface area contributed by atoms with Gasteiger partial charge in [-0.3, -0.25) is 4.99 Å². The molecule has 2 aliphatic rings. The zero-order chi connectivity index (χ0) is 18.7. The van der Waals surface area contributed by atoms with Crippen LogP contribution in [0.1, 0.15) is 39.0 Å². The van der Waals surface area contributed by atoms with Crippen molar-refractivity contribution in [2.75, 3.05) is 65.9 Å². The predicted molar refractivity (Wildman–Crippen MR) is 127 cm³/mol. The van der Waals surface area contributed by atoms with Gasteiger partial charge in [0.15, 0.2) is 5.96 Å². The summed E-state index contributed by atoms with van der Waals surface area (Å²) < 4.78 is 10.9. The van der Waals surface area contributed by atoms with Gasteiger partial charge in [0.05, 0.1) is 6.54 Å². The van der Waals surface area contributed by atoms with E-state index in [2.05, 4.69) is 28.7 Å². The molecule has 160 valence electrons. The van der Waals surface area contributed by atoms with Gasteiger partial charge in [-0.25, -0.2) is 0 Å². The number of likely N-dealkylation sites (tertiary alicyclic amines) is 1. The molecule has 0 aromatic carbocycles. The fourth-order valence-corrected chi connectivity index (χ4v) is 4.41. The number of hydrogen-bond donors (Lipinski definition) is 2. The number of nitrogens with zero attached hydrogens (tertiary/aromatic N) is 2. The van der Waals surface area contributed by atoms with E-state index in [9.17, 15) is 0 Å². The number of hydrogen-bond acceptors (Lipinski definition) is 5. The highest BCUT2D eigenvalue weighted by atomic mass is 127. The van der Waals surface area contributed by atoms with Gasteiger partial charge in [-0.05, 0) is 45.3 Å². The van der Waals surface area contributed by atoms with Gasteiger partial charge in [0.2, 0.25) is 0 Å². The van der Waals surface area contributed by atoms with Crippen LogP contribution in [0, 0.1) is 0 Å². The SMILES string of the molecule is CCNC(=NCC1(SC)CCOCC1)NC1CCN(CCCOC)CC1.I. The lowest BCUT2D eigenvalue weighted by Crippen LogP contribution is -2.49. The van der Waals surface area contributed by atoms with Crippen LogP contribution in [0.3, 0.4) is 0 Å². The van der Waals surface area contributed by atoms with Crippen molar-refractivity contribution in [1.82, 2.24) is 15.5 Å². The lowest BCUT2D eigenvalue weighted by Gasteiger charge is -2.35. The fraction of sp³-hybridized carbons (Fsp3) is 0.947.